The number of phenols is 1. The van der Waals surface area contributed by atoms with Gasteiger partial charge in [-0.05, 0) is 124 Å². The molecule has 43 nitrogen and oxygen atoms in total. The van der Waals surface area contributed by atoms with Gasteiger partial charge in [-0.1, -0.05) is 18.2 Å². The van der Waals surface area contributed by atoms with Gasteiger partial charge < -0.3 is 133 Å². The van der Waals surface area contributed by atoms with Crippen molar-refractivity contribution < 1.29 is 136 Å². The Labute approximate surface area is 679 Å². The predicted molar refractivity (Wildman–Crippen MR) is 419 cm³/mol. The second-order valence-corrected chi connectivity index (χ2v) is 31.4. The summed E-state index contributed by atoms with van der Waals surface area (Å²) in [5.74, 6) is -13.7. The molecule has 3 aromatic carbocycles. The highest BCUT2D eigenvalue weighted by Crippen LogP contribution is 2.49. The lowest BCUT2D eigenvalue weighted by atomic mass is 9.84. The third-order valence-corrected chi connectivity index (χ3v) is 20.8. The summed E-state index contributed by atoms with van der Waals surface area (Å²) in [7, 11) is -3.52. The number of hydrogen-bond acceptors (Lipinski definition) is 26. The summed E-state index contributed by atoms with van der Waals surface area (Å²) in [5.41, 5.74) is 8.90. The van der Waals surface area contributed by atoms with Crippen molar-refractivity contribution in [2.45, 2.75) is 137 Å². The van der Waals surface area contributed by atoms with Crippen LogP contribution >= 0.6 is 27.9 Å². The monoisotopic (exact) mass is 1710 g/mol. The number of primary amides is 1. The van der Waals surface area contributed by atoms with Crippen LogP contribution in [0.4, 0.5) is 11.4 Å². The van der Waals surface area contributed by atoms with Gasteiger partial charge in [0.05, 0.1) is 56.5 Å². The van der Waals surface area contributed by atoms with Crippen molar-refractivity contribution >= 4 is 127 Å². The number of aliphatic carboxylic acids is 1. The quantitative estimate of drug-likeness (QED) is 0.0151. The van der Waals surface area contributed by atoms with Crippen molar-refractivity contribution in [1.82, 2.24) is 57.2 Å². The van der Waals surface area contributed by atoms with Crippen molar-refractivity contribution in [3.63, 3.8) is 0 Å². The second kappa shape index (κ2) is 40.6. The standard InChI is InChI=1S/C72H95N15O28P2S/c1-35(91)58(66(100)80-51(34-114-117(110,111)112)70(104)86-24-8-10-52(86)63(97)76-47(30-88)60(73)94)81-65(99)54-12-9-25-87(54)69(103)50(33-113-116(107,108)109)79-61(95)46(26-37-13-18-41(93)19-14-37)75-62(96)48(31-89)77-64(98)53-11-7-23-85(53)68(102)49(32-90)78-67(101)59(36(2)92)82-72(118)74-38-15-20-42(45(27-38)71(105)106)57-43-21-16-39(83(3)4)28-55(43)115-56-29-40(84(5)6)17-22-44(56)57/h13-22,27-29,35-36,46-54,58-59,88-93H,7-12,23-26,30-34H2,1-6H3,(H2,73,94)(H,75,96)(H,76,97)(H,77,98)(H,78,101)(H,79,95)(H,80,100)(H,81,99)(H,82,118)(H,105,106)(H2,107,108,109)(H2,110,111,112)/b74-38+/t35-,36-,46+,47+,48+,49+,50+,51+,52+,53+,54+,58+,59+/m1/s1. The molecule has 3 fully saturated rings. The number of thiocarbonyl (C=S) groups is 1. The van der Waals surface area contributed by atoms with Crippen molar-refractivity contribution in [2.24, 2.45) is 10.7 Å². The summed E-state index contributed by atoms with van der Waals surface area (Å²) in [5, 5.41) is 91.3. The number of benzene rings is 3. The number of aromatic hydroxyl groups is 1. The van der Waals surface area contributed by atoms with E-state index in [0.717, 1.165) is 33.0 Å². The SMILES string of the molecule is C[C@@H](O)[C@H](NC(=O)[C@@H]1CCCN1C(=O)[C@H](COP(=O)(O)O)NC(=O)[C@H](Cc1ccc(O)cc1)NC(=O)[C@H](CO)NC(=O)[C@@H]1CCCN1C(=O)[C@H](CO)NC(=O)[C@@H](NC(=S)/N=C1\C=CC(=C2c3ccc(N(C)C)cc3Oc3cc(N(C)C)ccc32)C(C(=O)O)=C1)[C@@H](C)O)C(=O)N[C@@H](COP(=O)(O)O)C(=O)N1CCC[C@H]1C(=O)N[C@@H](CO)C(N)=O. The van der Waals surface area contributed by atoms with Gasteiger partial charge in [0.25, 0.3) is 0 Å². The molecule has 0 radical (unpaired) electrons. The van der Waals surface area contributed by atoms with E-state index < -0.39 is 210 Å². The zero-order valence-corrected chi connectivity index (χ0v) is 67.1. The number of nitrogens with two attached hydrogens (primary N) is 1. The third kappa shape index (κ3) is 24.0. The van der Waals surface area contributed by atoms with Gasteiger partial charge in [0, 0.05) is 94.5 Å². The van der Waals surface area contributed by atoms with Crippen LogP contribution in [-0.4, -0.2) is 311 Å². The number of carboxylic acids is 1. The van der Waals surface area contributed by atoms with E-state index in [-0.39, 0.29) is 80.8 Å². The Morgan fingerprint density at radius 3 is 1.39 bits per heavy atom. The molecular weight excluding hydrogens is 1620 g/mol. The fraction of sp³-hybridized carbons (Fsp3) is 0.472. The molecule has 3 aromatic rings. The van der Waals surface area contributed by atoms with E-state index in [1.165, 1.54) is 43.3 Å². The fourth-order valence-corrected chi connectivity index (χ4v) is 14.4. The van der Waals surface area contributed by atoms with E-state index in [1.54, 1.807) is 6.08 Å². The average molecular weight is 1710 g/mol. The number of phosphoric acid groups is 2. The highest BCUT2D eigenvalue weighted by molar-refractivity contribution is 7.80. The molecule has 118 heavy (non-hydrogen) atoms. The molecule has 1 aliphatic carbocycles. The number of anilines is 2. The zero-order valence-electron chi connectivity index (χ0n) is 64.5. The van der Waals surface area contributed by atoms with Crippen molar-refractivity contribution in [3.8, 4) is 17.2 Å². The van der Waals surface area contributed by atoms with Gasteiger partial charge in [0.15, 0.2) is 5.11 Å². The summed E-state index contributed by atoms with van der Waals surface area (Å²) >= 11 is 5.50. The molecule has 4 aliphatic heterocycles. The van der Waals surface area contributed by atoms with Crippen LogP contribution in [0.25, 0.3) is 5.57 Å². The van der Waals surface area contributed by atoms with E-state index in [9.17, 15) is 122 Å². The molecule has 3 saturated heterocycles. The Morgan fingerprint density at radius 2 is 0.966 bits per heavy atom. The molecule has 0 aromatic heterocycles. The maximum absolute atomic E-state index is 14.7. The average Bonchev–Trinajstić information content (AvgIpc) is 0.781. The molecule has 21 N–H and O–H groups in total. The minimum absolute atomic E-state index is 0.00816. The lowest BCUT2D eigenvalue weighted by Gasteiger charge is -2.32. The molecule has 0 spiro atoms. The normalized spacial score (nSPS) is 19.3. The number of rotatable bonds is 35. The number of allylic oxidation sites excluding steroid dienone is 3. The first-order chi connectivity index (χ1) is 55.5. The number of nitrogens with zero attached hydrogens (tertiary/aromatic N) is 6. The number of hydrogen-bond donors (Lipinski definition) is 20. The number of phosphoric ester groups is 2. The molecule has 8 rings (SSSR count). The number of carbonyl (C=O) groups is 12. The molecule has 642 valence electrons. The number of phenolic OH excluding ortho intramolecular Hbond substituents is 1. The lowest BCUT2D eigenvalue weighted by molar-refractivity contribution is -0.145. The molecule has 46 heteroatoms. The maximum Gasteiger partial charge on any atom is 0.469 e. The maximum atomic E-state index is 14.7. The Morgan fingerprint density at radius 1 is 0.559 bits per heavy atom. The van der Waals surface area contributed by atoms with Crippen LogP contribution in [0.5, 0.6) is 17.2 Å². The highest BCUT2D eigenvalue weighted by atomic mass is 32.1. The fourth-order valence-electron chi connectivity index (χ4n) is 13.5. The van der Waals surface area contributed by atoms with Crippen LogP contribution < -0.4 is 62.8 Å². The summed E-state index contributed by atoms with van der Waals surface area (Å²) in [4.78, 5) is 216. The first-order valence-corrected chi connectivity index (χ1v) is 40.3. The molecular formula is C72H95N15O28P2S. The number of amides is 11. The summed E-state index contributed by atoms with van der Waals surface area (Å²) < 4.78 is 39.7. The molecule has 4 heterocycles. The summed E-state index contributed by atoms with van der Waals surface area (Å²) in [6, 6.07) is -3.79. The molecule has 5 aliphatic rings. The molecule has 0 saturated carbocycles. The number of aliphatic hydroxyl groups excluding tert-OH is 5. The largest absolute Gasteiger partial charge is 0.508 e. The number of carboxylic acid groups (broad SMARTS) is 1. The van der Waals surface area contributed by atoms with Crippen LogP contribution in [0, 0.1) is 0 Å². The smallest absolute Gasteiger partial charge is 0.469 e. The van der Waals surface area contributed by atoms with Crippen molar-refractivity contribution in [1.29, 1.82) is 0 Å². The number of ether oxygens (including phenoxy) is 1. The Kier molecular flexibility index (Phi) is 32.0. The summed E-state index contributed by atoms with van der Waals surface area (Å²) in [6.07, 6.45) is 0.162. The van der Waals surface area contributed by atoms with Crippen LogP contribution in [-0.2, 0) is 82.1 Å². The van der Waals surface area contributed by atoms with Gasteiger partial charge in [0.1, 0.15) is 83.7 Å². The van der Waals surface area contributed by atoms with E-state index in [2.05, 4.69) is 56.6 Å². The van der Waals surface area contributed by atoms with Gasteiger partial charge in [-0.3, -0.25) is 61.8 Å². The van der Waals surface area contributed by atoms with Gasteiger partial charge >= 0.3 is 21.6 Å². The number of aliphatic imine (C=N–C) groups is 1. The van der Waals surface area contributed by atoms with Crippen molar-refractivity contribution in [3.05, 3.63) is 107 Å². The van der Waals surface area contributed by atoms with Gasteiger partial charge in [0.2, 0.25) is 65.0 Å². The predicted octanol–water partition coefficient (Wildman–Crippen LogP) is -5.25. The van der Waals surface area contributed by atoms with Crippen LogP contribution in [0.1, 0.15) is 69.1 Å². The first-order valence-electron chi connectivity index (χ1n) is 36.8. The number of aliphatic hydroxyl groups is 5. The van der Waals surface area contributed by atoms with Gasteiger partial charge in [-0.25, -0.2) is 18.9 Å². The number of fused-ring (bicyclic) bond motifs is 2. The van der Waals surface area contributed by atoms with Crippen LogP contribution in [0.3, 0.4) is 0 Å². The van der Waals surface area contributed by atoms with E-state index in [0.29, 0.717) is 33.8 Å². The minimum atomic E-state index is -5.54. The molecule has 13 atom stereocenters. The van der Waals surface area contributed by atoms with Gasteiger partial charge in [-0.2, -0.15) is 0 Å². The second-order valence-electron chi connectivity index (χ2n) is 28.5. The van der Waals surface area contributed by atoms with E-state index in [1.807, 2.05) is 74.4 Å². The van der Waals surface area contributed by atoms with Crippen LogP contribution in [0.2, 0.25) is 0 Å². The number of carbonyl (C=O) groups excluding carboxylic acids is 11. The lowest BCUT2D eigenvalue weighted by Crippen LogP contribution is -2.62. The van der Waals surface area contributed by atoms with Gasteiger partial charge in [-0.15, -0.1) is 0 Å². The minimum Gasteiger partial charge on any atom is -0.508 e. The number of likely N-dealkylation sites (tertiary alicyclic amines) is 3. The number of nitrogens with one attached hydrogen (secondary N) is 8. The summed E-state index contributed by atoms with van der Waals surface area (Å²) in [6.45, 7) is -4.36. The Hall–Kier alpha value is -10.7. The first kappa shape index (κ1) is 92.8. The van der Waals surface area contributed by atoms with E-state index >= 15 is 0 Å². The Bertz CT molecular complexity index is 4510. The van der Waals surface area contributed by atoms with Crippen LogP contribution in [0.15, 0.2) is 95.0 Å². The third-order valence-electron chi connectivity index (χ3n) is 19.6. The molecule has 0 unspecified atom stereocenters. The Balaban J connectivity index is 0.936. The van der Waals surface area contributed by atoms with E-state index in [4.69, 9.17) is 22.7 Å². The topological polar surface area (TPSA) is 640 Å². The highest BCUT2D eigenvalue weighted by Gasteiger charge is 2.46. The molecule has 11 amide bonds. The molecule has 0 bridgehead atoms. The van der Waals surface area contributed by atoms with Crippen molar-refractivity contribution in [2.75, 3.05) is 90.7 Å². The zero-order chi connectivity index (χ0) is 87.1.